The average Bonchev–Trinajstić information content (AvgIpc) is 2.45. The highest BCUT2D eigenvalue weighted by Crippen LogP contribution is 2.25. The van der Waals surface area contributed by atoms with Crippen molar-refractivity contribution in [3.8, 4) is 17.0 Å². The summed E-state index contributed by atoms with van der Waals surface area (Å²) in [6, 6.07) is 2.74. The van der Waals surface area contributed by atoms with E-state index in [0.717, 1.165) is 12.6 Å². The summed E-state index contributed by atoms with van der Waals surface area (Å²) in [6.45, 7) is 2.31. The summed E-state index contributed by atoms with van der Waals surface area (Å²) in [4.78, 5) is 18.9. The largest absolute Gasteiger partial charge is 0.491 e. The third-order valence-corrected chi connectivity index (χ3v) is 2.61. The van der Waals surface area contributed by atoms with Crippen LogP contribution < -0.4 is 4.74 Å². The van der Waals surface area contributed by atoms with E-state index in [1.807, 2.05) is 6.92 Å². The van der Waals surface area contributed by atoms with E-state index in [1.54, 1.807) is 0 Å². The number of aromatic nitrogens is 2. The number of rotatable bonds is 5. The van der Waals surface area contributed by atoms with Gasteiger partial charge in [0, 0.05) is 11.8 Å². The topological polar surface area (TPSA) is 72.3 Å². The molecule has 0 aliphatic carbocycles. The number of halogens is 1. The van der Waals surface area contributed by atoms with Crippen LogP contribution >= 0.6 is 0 Å². The van der Waals surface area contributed by atoms with Gasteiger partial charge in [-0.1, -0.05) is 6.92 Å². The number of nitrogens with zero attached hydrogens (tertiary/aromatic N) is 2. The number of aromatic carboxylic acids is 1. The second kappa shape index (κ2) is 6.10. The fraction of sp³-hybridized carbons (Fsp3) is 0.214. The lowest BCUT2D eigenvalue weighted by atomic mass is 10.1. The van der Waals surface area contributed by atoms with Gasteiger partial charge in [0.2, 0.25) is 0 Å². The molecular formula is C14H13FN2O3. The van der Waals surface area contributed by atoms with Crippen LogP contribution in [0, 0.1) is 5.82 Å². The standard InChI is InChI=1S/C14H13FN2O3/c1-2-5-20-13-8-17-12(6-10(13)14(18)19)9-3-4-16-7-11(9)15/h3-4,6-8H,2,5H2,1H3,(H,18,19). The number of carbonyl (C=O) groups is 1. The Morgan fingerprint density at radius 1 is 1.45 bits per heavy atom. The normalized spacial score (nSPS) is 10.3. The Bertz CT molecular complexity index is 632. The fourth-order valence-electron chi connectivity index (χ4n) is 1.67. The first kappa shape index (κ1) is 13.9. The third kappa shape index (κ3) is 2.90. The molecule has 2 rings (SSSR count). The summed E-state index contributed by atoms with van der Waals surface area (Å²) in [7, 11) is 0. The average molecular weight is 276 g/mol. The highest BCUT2D eigenvalue weighted by Gasteiger charge is 2.15. The molecule has 2 heterocycles. The molecule has 0 spiro atoms. The monoisotopic (exact) mass is 276 g/mol. The fourth-order valence-corrected chi connectivity index (χ4v) is 1.67. The van der Waals surface area contributed by atoms with E-state index in [9.17, 15) is 14.3 Å². The van der Waals surface area contributed by atoms with Crippen molar-refractivity contribution >= 4 is 5.97 Å². The van der Waals surface area contributed by atoms with Gasteiger partial charge in [-0.05, 0) is 18.6 Å². The van der Waals surface area contributed by atoms with Crippen molar-refractivity contribution in [2.45, 2.75) is 13.3 Å². The molecule has 0 aromatic carbocycles. The van der Waals surface area contributed by atoms with Gasteiger partial charge in [0.05, 0.1) is 24.7 Å². The van der Waals surface area contributed by atoms with Crippen molar-refractivity contribution in [2.24, 2.45) is 0 Å². The lowest BCUT2D eigenvalue weighted by molar-refractivity contribution is 0.0692. The lowest BCUT2D eigenvalue weighted by Crippen LogP contribution is -2.05. The minimum absolute atomic E-state index is 0.0420. The summed E-state index contributed by atoms with van der Waals surface area (Å²) in [5, 5.41) is 9.19. The van der Waals surface area contributed by atoms with E-state index in [0.29, 0.717) is 6.61 Å². The highest BCUT2D eigenvalue weighted by atomic mass is 19.1. The van der Waals surface area contributed by atoms with Crippen molar-refractivity contribution in [3.63, 3.8) is 0 Å². The van der Waals surface area contributed by atoms with Crippen molar-refractivity contribution in [3.05, 3.63) is 42.1 Å². The maximum atomic E-state index is 13.6. The van der Waals surface area contributed by atoms with Crippen LogP contribution in [-0.2, 0) is 0 Å². The van der Waals surface area contributed by atoms with Gasteiger partial charge in [0.1, 0.15) is 5.56 Å². The molecule has 0 radical (unpaired) electrons. The second-order valence-electron chi connectivity index (χ2n) is 4.07. The van der Waals surface area contributed by atoms with E-state index >= 15 is 0 Å². The molecule has 2 aromatic rings. The maximum absolute atomic E-state index is 13.6. The van der Waals surface area contributed by atoms with E-state index in [2.05, 4.69) is 9.97 Å². The molecule has 0 unspecified atom stereocenters. The van der Waals surface area contributed by atoms with Gasteiger partial charge >= 0.3 is 5.97 Å². The first-order valence-corrected chi connectivity index (χ1v) is 6.09. The van der Waals surface area contributed by atoms with Crippen molar-refractivity contribution in [1.82, 2.24) is 9.97 Å². The molecule has 0 aliphatic rings. The molecule has 20 heavy (non-hydrogen) atoms. The number of hydrogen-bond acceptors (Lipinski definition) is 4. The van der Waals surface area contributed by atoms with Gasteiger partial charge < -0.3 is 9.84 Å². The Hall–Kier alpha value is -2.50. The predicted molar refractivity (Wildman–Crippen MR) is 70.2 cm³/mol. The third-order valence-electron chi connectivity index (χ3n) is 2.61. The van der Waals surface area contributed by atoms with Gasteiger partial charge in [-0.15, -0.1) is 0 Å². The van der Waals surface area contributed by atoms with Gasteiger partial charge in [0.25, 0.3) is 0 Å². The molecule has 0 aliphatic heterocycles. The summed E-state index contributed by atoms with van der Waals surface area (Å²) < 4.78 is 18.9. The first-order chi connectivity index (χ1) is 9.63. The molecule has 6 heteroatoms. The van der Waals surface area contributed by atoms with Gasteiger partial charge in [-0.2, -0.15) is 0 Å². The quantitative estimate of drug-likeness (QED) is 0.909. The minimum Gasteiger partial charge on any atom is -0.491 e. The maximum Gasteiger partial charge on any atom is 0.339 e. The first-order valence-electron chi connectivity index (χ1n) is 6.09. The number of pyridine rings is 2. The smallest absolute Gasteiger partial charge is 0.339 e. The van der Waals surface area contributed by atoms with Crippen LogP contribution in [0.15, 0.2) is 30.7 Å². The van der Waals surface area contributed by atoms with Gasteiger partial charge in [0.15, 0.2) is 11.6 Å². The Kier molecular flexibility index (Phi) is 4.24. The van der Waals surface area contributed by atoms with Gasteiger partial charge in [-0.25, -0.2) is 9.18 Å². The summed E-state index contributed by atoms with van der Waals surface area (Å²) >= 11 is 0. The molecule has 0 amide bonds. The Labute approximate surface area is 115 Å². The zero-order valence-electron chi connectivity index (χ0n) is 10.8. The van der Waals surface area contributed by atoms with Crippen molar-refractivity contribution in [2.75, 3.05) is 6.61 Å². The zero-order valence-corrected chi connectivity index (χ0v) is 10.8. The van der Waals surface area contributed by atoms with Gasteiger partial charge in [-0.3, -0.25) is 9.97 Å². The van der Waals surface area contributed by atoms with E-state index in [4.69, 9.17) is 4.74 Å². The number of hydrogen-bond donors (Lipinski definition) is 1. The Morgan fingerprint density at radius 2 is 2.25 bits per heavy atom. The molecule has 0 atom stereocenters. The highest BCUT2D eigenvalue weighted by molar-refractivity contribution is 5.92. The molecule has 0 saturated carbocycles. The van der Waals surface area contributed by atoms with E-state index in [-0.39, 0.29) is 22.6 Å². The Balaban J connectivity index is 2.45. The van der Waals surface area contributed by atoms with Crippen LogP contribution in [-0.4, -0.2) is 27.7 Å². The molecule has 5 nitrogen and oxygen atoms in total. The molecule has 1 N–H and O–H groups in total. The van der Waals surface area contributed by atoms with Crippen LogP contribution in [0.3, 0.4) is 0 Å². The summed E-state index contributed by atoms with van der Waals surface area (Å²) in [6.07, 6.45) is 4.52. The molecule has 2 aromatic heterocycles. The van der Waals surface area contributed by atoms with Crippen LogP contribution in [0.25, 0.3) is 11.3 Å². The minimum atomic E-state index is -1.14. The second-order valence-corrected chi connectivity index (χ2v) is 4.07. The zero-order chi connectivity index (χ0) is 14.5. The summed E-state index contributed by atoms with van der Waals surface area (Å²) in [5.74, 6) is -1.52. The molecule has 104 valence electrons. The molecular weight excluding hydrogens is 263 g/mol. The van der Waals surface area contributed by atoms with E-state index < -0.39 is 11.8 Å². The SMILES string of the molecule is CCCOc1cnc(-c2ccncc2F)cc1C(=O)O. The predicted octanol–water partition coefficient (Wildman–Crippen LogP) is 2.77. The van der Waals surface area contributed by atoms with Crippen molar-refractivity contribution in [1.29, 1.82) is 0 Å². The number of carboxylic acids is 1. The molecule has 0 fully saturated rings. The van der Waals surface area contributed by atoms with Crippen molar-refractivity contribution < 1.29 is 19.0 Å². The lowest BCUT2D eigenvalue weighted by Gasteiger charge is -2.09. The van der Waals surface area contributed by atoms with Crippen LogP contribution in [0.4, 0.5) is 4.39 Å². The number of ether oxygens (including phenoxy) is 1. The van der Waals surface area contributed by atoms with E-state index in [1.165, 1.54) is 24.5 Å². The molecule has 0 bridgehead atoms. The number of carboxylic acid groups (broad SMARTS) is 1. The van der Waals surface area contributed by atoms with Crippen LogP contribution in [0.1, 0.15) is 23.7 Å². The summed E-state index contributed by atoms with van der Waals surface area (Å²) in [5.41, 5.74) is 0.385. The van der Waals surface area contributed by atoms with Crippen LogP contribution in [0.5, 0.6) is 5.75 Å². The van der Waals surface area contributed by atoms with Crippen LogP contribution in [0.2, 0.25) is 0 Å². The molecule has 0 saturated heterocycles. The Morgan fingerprint density at radius 3 is 2.90 bits per heavy atom.